The molecule has 4 nitrogen and oxygen atoms in total. The zero-order valence-electron chi connectivity index (χ0n) is 12.4. The van der Waals surface area contributed by atoms with E-state index in [4.69, 9.17) is 0 Å². The largest absolute Gasteiger partial charge is 0.394 e. The molecule has 2 aromatic rings. The van der Waals surface area contributed by atoms with Gasteiger partial charge in [0.05, 0.1) is 18.2 Å². The molecular weight excluding hydrogens is 264 g/mol. The van der Waals surface area contributed by atoms with Crippen molar-refractivity contribution >= 4 is 16.8 Å². The lowest BCUT2D eigenvalue weighted by Crippen LogP contribution is -2.42. The Kier molecular flexibility index (Phi) is 3.97. The number of hydrogen-bond donors (Lipinski definition) is 2. The number of nitrogens with zero attached hydrogens (tertiary/aromatic N) is 1. The Labute approximate surface area is 124 Å². The molecule has 1 fully saturated rings. The summed E-state index contributed by atoms with van der Waals surface area (Å²) in [4.78, 5) is 18.2. The number of carbonyl (C=O) groups excluding carboxylic acids is 1. The van der Waals surface area contributed by atoms with E-state index in [9.17, 15) is 9.90 Å². The number of benzene rings is 1. The third kappa shape index (κ3) is 2.56. The van der Waals surface area contributed by atoms with Gasteiger partial charge in [-0.3, -0.25) is 4.79 Å². The van der Waals surface area contributed by atoms with Crippen LogP contribution in [0.3, 0.4) is 0 Å². The number of nitrogens with one attached hydrogen (secondary N) is 1. The van der Waals surface area contributed by atoms with Gasteiger partial charge < -0.3 is 15.0 Å². The first-order chi connectivity index (χ1) is 10.2. The maximum absolute atomic E-state index is 13.0. The minimum absolute atomic E-state index is 0.0471. The molecule has 1 aromatic heterocycles. The van der Waals surface area contributed by atoms with E-state index in [1.807, 2.05) is 36.1 Å². The van der Waals surface area contributed by atoms with Gasteiger partial charge in [0.2, 0.25) is 0 Å². The smallest absolute Gasteiger partial charge is 0.256 e. The average molecular weight is 286 g/mol. The van der Waals surface area contributed by atoms with Gasteiger partial charge in [-0.1, -0.05) is 31.0 Å². The van der Waals surface area contributed by atoms with Crippen molar-refractivity contribution < 1.29 is 9.90 Å². The molecule has 1 amide bonds. The summed E-state index contributed by atoms with van der Waals surface area (Å²) >= 11 is 0. The highest BCUT2D eigenvalue weighted by molar-refractivity contribution is 6.08. The van der Waals surface area contributed by atoms with Crippen LogP contribution in [0.25, 0.3) is 10.9 Å². The van der Waals surface area contributed by atoms with Gasteiger partial charge in [0.15, 0.2) is 0 Å². The van der Waals surface area contributed by atoms with E-state index >= 15 is 0 Å². The molecular formula is C17H22N2O2. The molecule has 0 aliphatic carbocycles. The lowest BCUT2D eigenvalue weighted by molar-refractivity contribution is 0.0601. The van der Waals surface area contributed by atoms with E-state index in [-0.39, 0.29) is 18.6 Å². The molecule has 0 radical (unpaired) electrons. The van der Waals surface area contributed by atoms with Crippen molar-refractivity contribution in [1.29, 1.82) is 0 Å². The molecule has 1 saturated heterocycles. The molecule has 0 spiro atoms. The minimum Gasteiger partial charge on any atom is -0.394 e. The molecule has 1 aromatic carbocycles. The van der Waals surface area contributed by atoms with Crippen molar-refractivity contribution in [3.8, 4) is 0 Å². The number of aliphatic hydroxyl groups excluding tert-OH is 1. The Hall–Kier alpha value is -1.81. The van der Waals surface area contributed by atoms with Gasteiger partial charge >= 0.3 is 0 Å². The van der Waals surface area contributed by atoms with Crippen LogP contribution in [-0.4, -0.2) is 40.1 Å². The normalized spacial score (nSPS) is 19.7. The van der Waals surface area contributed by atoms with Crippen molar-refractivity contribution in [2.24, 2.45) is 0 Å². The number of amides is 1. The summed E-state index contributed by atoms with van der Waals surface area (Å²) in [5.74, 6) is 0.0471. The Morgan fingerprint density at radius 3 is 2.95 bits per heavy atom. The van der Waals surface area contributed by atoms with Crippen molar-refractivity contribution in [3.63, 3.8) is 0 Å². The molecule has 1 aliphatic rings. The fraction of sp³-hybridized carbons (Fsp3) is 0.471. The van der Waals surface area contributed by atoms with E-state index in [0.717, 1.165) is 54.4 Å². The summed E-state index contributed by atoms with van der Waals surface area (Å²) in [7, 11) is 0. The van der Waals surface area contributed by atoms with Gasteiger partial charge in [-0.2, -0.15) is 0 Å². The van der Waals surface area contributed by atoms with Crippen molar-refractivity contribution in [2.45, 2.75) is 38.6 Å². The summed E-state index contributed by atoms with van der Waals surface area (Å²) in [5.41, 5.74) is 2.65. The summed E-state index contributed by atoms with van der Waals surface area (Å²) in [6.45, 7) is 2.73. The number of carbonyl (C=O) groups is 1. The van der Waals surface area contributed by atoms with Crippen molar-refractivity contribution in [2.75, 3.05) is 13.2 Å². The lowest BCUT2D eigenvalue weighted by atomic mass is 10.1. The number of para-hydroxylation sites is 1. The number of rotatable bonds is 2. The molecule has 2 N–H and O–H groups in total. The van der Waals surface area contributed by atoms with Crippen LogP contribution in [-0.2, 0) is 0 Å². The third-order valence-electron chi connectivity index (χ3n) is 4.46. The quantitative estimate of drug-likeness (QED) is 0.892. The second kappa shape index (κ2) is 5.90. The van der Waals surface area contributed by atoms with Crippen LogP contribution < -0.4 is 0 Å². The number of fused-ring (bicyclic) bond motifs is 1. The van der Waals surface area contributed by atoms with Crippen LogP contribution in [0.2, 0.25) is 0 Å². The highest BCUT2D eigenvalue weighted by Crippen LogP contribution is 2.26. The van der Waals surface area contributed by atoms with Gasteiger partial charge in [-0.25, -0.2) is 0 Å². The number of hydrogen-bond acceptors (Lipinski definition) is 2. The van der Waals surface area contributed by atoms with E-state index in [1.165, 1.54) is 0 Å². The zero-order chi connectivity index (χ0) is 14.8. The summed E-state index contributed by atoms with van der Waals surface area (Å²) in [6.07, 6.45) is 4.13. The van der Waals surface area contributed by atoms with Crippen LogP contribution in [0.1, 0.15) is 41.7 Å². The number of aromatic amines is 1. The third-order valence-corrected chi connectivity index (χ3v) is 4.46. The Bertz CT molecular complexity index is 647. The number of aryl methyl sites for hydroxylation is 1. The fourth-order valence-electron chi connectivity index (χ4n) is 3.33. The fourth-order valence-corrected chi connectivity index (χ4v) is 3.33. The molecule has 1 atom stereocenters. The van der Waals surface area contributed by atoms with Crippen LogP contribution in [0, 0.1) is 6.92 Å². The second-order valence-corrected chi connectivity index (χ2v) is 5.85. The van der Waals surface area contributed by atoms with Crippen molar-refractivity contribution in [1.82, 2.24) is 9.88 Å². The first-order valence-electron chi connectivity index (χ1n) is 7.71. The Balaban J connectivity index is 2.00. The van der Waals surface area contributed by atoms with Gasteiger partial charge in [-0.05, 0) is 25.8 Å². The molecule has 2 heterocycles. The number of aliphatic hydroxyl groups is 1. The first-order valence-corrected chi connectivity index (χ1v) is 7.71. The molecule has 0 saturated carbocycles. The van der Waals surface area contributed by atoms with Gasteiger partial charge in [0, 0.05) is 23.1 Å². The van der Waals surface area contributed by atoms with Crippen LogP contribution in [0.4, 0.5) is 0 Å². The van der Waals surface area contributed by atoms with Gasteiger partial charge in [0.1, 0.15) is 0 Å². The summed E-state index contributed by atoms with van der Waals surface area (Å²) < 4.78 is 0. The Morgan fingerprint density at radius 1 is 1.33 bits per heavy atom. The number of H-pyrrole nitrogens is 1. The van der Waals surface area contributed by atoms with E-state index in [1.54, 1.807) is 0 Å². The van der Waals surface area contributed by atoms with Gasteiger partial charge in [0.25, 0.3) is 5.91 Å². The molecule has 4 heteroatoms. The highest BCUT2D eigenvalue weighted by Gasteiger charge is 2.28. The molecule has 21 heavy (non-hydrogen) atoms. The van der Waals surface area contributed by atoms with Crippen LogP contribution >= 0.6 is 0 Å². The van der Waals surface area contributed by atoms with Crippen LogP contribution in [0.15, 0.2) is 24.3 Å². The average Bonchev–Trinajstić information content (AvgIpc) is 2.68. The highest BCUT2D eigenvalue weighted by atomic mass is 16.3. The monoisotopic (exact) mass is 286 g/mol. The molecule has 0 bridgehead atoms. The predicted octanol–water partition coefficient (Wildman–Crippen LogP) is 2.85. The number of likely N-dealkylation sites (tertiary alicyclic amines) is 1. The maximum Gasteiger partial charge on any atom is 0.256 e. The topological polar surface area (TPSA) is 56.3 Å². The molecule has 1 unspecified atom stereocenters. The summed E-state index contributed by atoms with van der Waals surface area (Å²) in [6, 6.07) is 7.85. The van der Waals surface area contributed by atoms with Crippen molar-refractivity contribution in [3.05, 3.63) is 35.5 Å². The standard InChI is InChI=1S/C17H22N2O2/c1-12-16(14-8-4-5-9-15(14)18-12)17(21)19-10-6-2-3-7-13(19)11-20/h4-5,8-9,13,18,20H,2-3,6-7,10-11H2,1H3. The second-order valence-electron chi connectivity index (χ2n) is 5.85. The van der Waals surface area contributed by atoms with E-state index in [0.29, 0.717) is 0 Å². The van der Waals surface area contributed by atoms with E-state index in [2.05, 4.69) is 4.98 Å². The molecule has 112 valence electrons. The van der Waals surface area contributed by atoms with Gasteiger partial charge in [-0.15, -0.1) is 0 Å². The predicted molar refractivity (Wildman–Crippen MR) is 83.4 cm³/mol. The summed E-state index contributed by atoms with van der Waals surface area (Å²) in [5, 5.41) is 10.6. The Morgan fingerprint density at radius 2 is 2.14 bits per heavy atom. The van der Waals surface area contributed by atoms with E-state index < -0.39 is 0 Å². The first kappa shape index (κ1) is 14.1. The lowest BCUT2D eigenvalue weighted by Gasteiger charge is -2.28. The zero-order valence-corrected chi connectivity index (χ0v) is 12.4. The molecule has 1 aliphatic heterocycles. The SMILES string of the molecule is Cc1[nH]c2ccccc2c1C(=O)N1CCCCCC1CO. The molecule has 3 rings (SSSR count). The number of aromatic nitrogens is 1. The van der Waals surface area contributed by atoms with Crippen LogP contribution in [0.5, 0.6) is 0 Å². The maximum atomic E-state index is 13.0. The minimum atomic E-state index is -0.0481.